The summed E-state index contributed by atoms with van der Waals surface area (Å²) in [6.07, 6.45) is 0. The summed E-state index contributed by atoms with van der Waals surface area (Å²) < 4.78 is 7.50. The minimum absolute atomic E-state index is 0.219. The Labute approximate surface area is 117 Å². The van der Waals surface area contributed by atoms with Gasteiger partial charge in [0.1, 0.15) is 5.56 Å². The van der Waals surface area contributed by atoms with Gasteiger partial charge < -0.3 is 4.74 Å². The van der Waals surface area contributed by atoms with E-state index in [0.717, 1.165) is 3.57 Å². The van der Waals surface area contributed by atoms with Crippen LogP contribution in [0.4, 0.5) is 0 Å². The van der Waals surface area contributed by atoms with Crippen LogP contribution in [0.3, 0.4) is 0 Å². The van der Waals surface area contributed by atoms with E-state index in [4.69, 9.17) is 4.74 Å². The van der Waals surface area contributed by atoms with Gasteiger partial charge in [0.25, 0.3) is 0 Å². The first-order chi connectivity index (χ1) is 8.81. The van der Waals surface area contributed by atoms with Gasteiger partial charge in [0, 0.05) is 0 Å². The van der Waals surface area contributed by atoms with Crippen molar-refractivity contribution in [3.63, 3.8) is 0 Å². The van der Waals surface area contributed by atoms with Crippen LogP contribution < -0.4 is 21.2 Å². The van der Waals surface area contributed by atoms with Crippen LogP contribution in [0.1, 0.15) is 17.3 Å². The lowest BCUT2D eigenvalue weighted by molar-refractivity contribution is -0.597. The molecule has 0 saturated heterocycles. The molecule has 2 aromatic carbocycles. The normalized spacial score (nSPS) is 10.1. The molecule has 18 heavy (non-hydrogen) atoms. The number of esters is 1. The molecule has 0 aliphatic carbocycles. The third kappa shape index (κ3) is 3.32. The topological polar surface area (TPSA) is 26.3 Å². The van der Waals surface area contributed by atoms with Crippen molar-refractivity contribution >= 4 is 5.97 Å². The van der Waals surface area contributed by atoms with E-state index >= 15 is 0 Å². The lowest BCUT2D eigenvalue weighted by atomic mass is 10.2. The molecule has 0 atom stereocenters. The summed E-state index contributed by atoms with van der Waals surface area (Å²) in [5.41, 5.74) is 0.705. The van der Waals surface area contributed by atoms with Crippen LogP contribution in [-0.2, 0) is 4.74 Å². The highest BCUT2D eigenvalue weighted by molar-refractivity contribution is 5.89. The maximum absolute atomic E-state index is 11.9. The molecule has 0 heterocycles. The van der Waals surface area contributed by atoms with Crippen molar-refractivity contribution in [1.29, 1.82) is 0 Å². The highest BCUT2D eigenvalue weighted by atomic mass is 127. The standard InChI is InChI=1S/C15H14IO2/c1-2-18-15(17)13-10-6-7-11-14(13)16-12-8-4-3-5-9-12/h3-11H,2H2,1H3/q+1. The van der Waals surface area contributed by atoms with Gasteiger partial charge in [-0.3, -0.25) is 0 Å². The number of carbonyl (C=O) groups excluding carboxylic acids is 1. The van der Waals surface area contributed by atoms with Crippen molar-refractivity contribution in [2.45, 2.75) is 6.92 Å². The second kappa shape index (κ2) is 6.54. The fraction of sp³-hybridized carbons (Fsp3) is 0.133. The molecule has 2 aromatic rings. The second-order valence-corrected chi connectivity index (χ2v) is 6.54. The van der Waals surface area contributed by atoms with Crippen molar-refractivity contribution in [2.75, 3.05) is 6.61 Å². The molecule has 0 radical (unpaired) electrons. The zero-order chi connectivity index (χ0) is 12.8. The number of ether oxygens (including phenoxy) is 1. The Morgan fingerprint density at radius 3 is 2.44 bits per heavy atom. The highest BCUT2D eigenvalue weighted by Crippen LogP contribution is 2.01. The number of carbonyl (C=O) groups is 1. The van der Waals surface area contributed by atoms with Crippen LogP contribution in [0.5, 0.6) is 0 Å². The maximum atomic E-state index is 11.9. The minimum atomic E-state index is -0.339. The van der Waals surface area contributed by atoms with Gasteiger partial charge in [0.15, 0.2) is 3.57 Å². The van der Waals surface area contributed by atoms with Gasteiger partial charge in [-0.05, 0) is 31.2 Å². The van der Waals surface area contributed by atoms with Crippen LogP contribution >= 0.6 is 0 Å². The van der Waals surface area contributed by atoms with Crippen LogP contribution in [0.2, 0.25) is 0 Å². The van der Waals surface area contributed by atoms with E-state index in [0.29, 0.717) is 12.2 Å². The number of hydrogen-bond donors (Lipinski definition) is 0. The molecule has 3 heteroatoms. The Morgan fingerprint density at radius 1 is 1.06 bits per heavy atom. The second-order valence-electron chi connectivity index (χ2n) is 3.59. The molecule has 0 aliphatic rings. The number of hydrogen-bond acceptors (Lipinski definition) is 2. The molecule has 0 unspecified atom stereocenters. The molecule has 0 fully saturated rings. The van der Waals surface area contributed by atoms with Crippen LogP contribution in [0, 0.1) is 7.14 Å². The quantitative estimate of drug-likeness (QED) is 0.571. The van der Waals surface area contributed by atoms with Gasteiger partial charge in [-0.2, -0.15) is 0 Å². The molecule has 0 aromatic heterocycles. The molecule has 2 nitrogen and oxygen atoms in total. The molecule has 92 valence electrons. The van der Waals surface area contributed by atoms with Gasteiger partial charge in [0.2, 0.25) is 3.57 Å². The lowest BCUT2D eigenvalue weighted by Gasteiger charge is -2.00. The SMILES string of the molecule is CCOC(=O)c1ccccc1[I+]c1ccccc1. The molecule has 0 bridgehead atoms. The average Bonchev–Trinajstić information content (AvgIpc) is 2.41. The van der Waals surface area contributed by atoms with Crippen molar-refractivity contribution in [2.24, 2.45) is 0 Å². The van der Waals surface area contributed by atoms with E-state index in [1.54, 1.807) is 0 Å². The zero-order valence-electron chi connectivity index (χ0n) is 10.1. The first-order valence-electron chi connectivity index (χ1n) is 5.77. The molecule has 0 N–H and O–H groups in total. The van der Waals surface area contributed by atoms with Crippen molar-refractivity contribution in [1.82, 2.24) is 0 Å². The molecule has 0 amide bonds. The largest absolute Gasteiger partial charge is 0.462 e. The molecule has 0 saturated carbocycles. The Hall–Kier alpha value is -1.36. The molecular formula is C15H14IO2+. The van der Waals surface area contributed by atoms with Gasteiger partial charge in [-0.25, -0.2) is 4.79 Å². The summed E-state index contributed by atoms with van der Waals surface area (Å²) in [6.45, 7) is 2.24. The fourth-order valence-corrected chi connectivity index (χ4v) is 4.04. The predicted octanol–water partition coefficient (Wildman–Crippen LogP) is -0.00830. The van der Waals surface area contributed by atoms with Gasteiger partial charge >= 0.3 is 27.2 Å². The maximum Gasteiger partial charge on any atom is 0.358 e. The first-order valence-corrected chi connectivity index (χ1v) is 7.93. The van der Waals surface area contributed by atoms with E-state index in [1.165, 1.54) is 3.57 Å². The first kappa shape index (κ1) is 13.1. The number of rotatable bonds is 4. The van der Waals surface area contributed by atoms with Crippen LogP contribution in [0.25, 0.3) is 0 Å². The van der Waals surface area contributed by atoms with E-state index < -0.39 is 0 Å². The van der Waals surface area contributed by atoms with Gasteiger partial charge in [0.05, 0.1) is 6.61 Å². The summed E-state index contributed by atoms with van der Waals surface area (Å²) in [4.78, 5) is 11.9. The number of benzene rings is 2. The Morgan fingerprint density at radius 2 is 1.72 bits per heavy atom. The summed E-state index contributed by atoms with van der Waals surface area (Å²) in [5, 5.41) is 0. The Kier molecular flexibility index (Phi) is 4.75. The summed E-state index contributed by atoms with van der Waals surface area (Å²) in [7, 11) is 0. The molecule has 0 spiro atoms. The minimum Gasteiger partial charge on any atom is -0.462 e. The summed E-state index contributed by atoms with van der Waals surface area (Å²) in [5.74, 6) is -0.219. The predicted molar refractivity (Wildman–Crippen MR) is 66.2 cm³/mol. The van der Waals surface area contributed by atoms with Gasteiger partial charge in [-0.1, -0.05) is 30.3 Å². The Bertz CT molecular complexity index is 523. The summed E-state index contributed by atoms with van der Waals surface area (Å²) >= 11 is -0.339. The fourth-order valence-electron chi connectivity index (χ4n) is 1.51. The smallest absolute Gasteiger partial charge is 0.358 e. The average molecular weight is 353 g/mol. The molecular weight excluding hydrogens is 339 g/mol. The monoisotopic (exact) mass is 353 g/mol. The third-order valence-corrected chi connectivity index (χ3v) is 5.18. The highest BCUT2D eigenvalue weighted by Gasteiger charge is 2.23. The van der Waals surface area contributed by atoms with Crippen LogP contribution in [-0.4, -0.2) is 12.6 Å². The van der Waals surface area contributed by atoms with E-state index in [1.807, 2.05) is 49.4 Å². The van der Waals surface area contributed by atoms with E-state index in [2.05, 4.69) is 12.1 Å². The number of halogens is 1. The third-order valence-electron chi connectivity index (χ3n) is 2.31. The molecule has 2 rings (SSSR count). The van der Waals surface area contributed by atoms with Crippen molar-refractivity contribution in [3.8, 4) is 0 Å². The Balaban J connectivity index is 2.25. The van der Waals surface area contributed by atoms with Crippen LogP contribution in [0.15, 0.2) is 54.6 Å². The summed E-state index contributed by atoms with van der Waals surface area (Å²) in [6, 6.07) is 18.0. The van der Waals surface area contributed by atoms with Crippen molar-refractivity contribution < 1.29 is 30.7 Å². The zero-order valence-corrected chi connectivity index (χ0v) is 12.3. The molecule has 0 aliphatic heterocycles. The lowest BCUT2D eigenvalue weighted by Crippen LogP contribution is -3.61. The van der Waals surface area contributed by atoms with Gasteiger partial charge in [-0.15, -0.1) is 0 Å². The van der Waals surface area contributed by atoms with Crippen molar-refractivity contribution in [3.05, 3.63) is 67.3 Å². The van der Waals surface area contributed by atoms with E-state index in [-0.39, 0.29) is 27.2 Å². The van der Waals surface area contributed by atoms with E-state index in [9.17, 15) is 4.79 Å².